The molecule has 0 radical (unpaired) electrons. The summed E-state index contributed by atoms with van der Waals surface area (Å²) in [5, 5.41) is 9.87. The molecule has 1 N–H and O–H groups in total. The van der Waals surface area contributed by atoms with E-state index in [0.717, 1.165) is 6.54 Å². The Labute approximate surface area is 130 Å². The number of nitrogens with zero attached hydrogens (tertiary/aromatic N) is 2. The molecule has 2 atom stereocenters. The summed E-state index contributed by atoms with van der Waals surface area (Å²) < 4.78 is 0. The number of likely N-dealkylation sites (tertiary alicyclic amines) is 2. The van der Waals surface area contributed by atoms with Gasteiger partial charge in [0.1, 0.15) is 0 Å². The summed E-state index contributed by atoms with van der Waals surface area (Å²) in [6, 6.07) is 10.1. The Morgan fingerprint density at radius 2 is 1.64 bits per heavy atom. The first-order chi connectivity index (χ1) is 10.3. The van der Waals surface area contributed by atoms with Crippen molar-refractivity contribution in [1.82, 2.24) is 9.80 Å². The number of β-amino-alcohol motifs (C(OH)–C–C–N with tert-alkyl or cyclic N) is 1. The fourth-order valence-electron chi connectivity index (χ4n) is 3.41. The van der Waals surface area contributed by atoms with Crippen LogP contribution < -0.4 is 0 Å². The number of carbonyl (C=O) groups excluding carboxylic acids is 2. The maximum absolute atomic E-state index is 12.4. The first-order valence-electron chi connectivity index (χ1n) is 7.69. The first-order valence-corrected chi connectivity index (χ1v) is 7.69. The predicted molar refractivity (Wildman–Crippen MR) is 81.7 cm³/mol. The van der Waals surface area contributed by atoms with E-state index in [1.807, 2.05) is 18.2 Å². The molecule has 2 fully saturated rings. The number of aliphatic hydroxyl groups is 1. The summed E-state index contributed by atoms with van der Waals surface area (Å²) in [6.45, 7) is 5.31. The second-order valence-electron chi connectivity index (χ2n) is 6.97. The van der Waals surface area contributed by atoms with E-state index in [1.54, 1.807) is 13.8 Å². The smallest absolute Gasteiger partial charge is 0.234 e. The van der Waals surface area contributed by atoms with Gasteiger partial charge in [-0.3, -0.25) is 19.4 Å². The Hall–Kier alpha value is -1.72. The minimum Gasteiger partial charge on any atom is -0.389 e. The van der Waals surface area contributed by atoms with Gasteiger partial charge in [0.2, 0.25) is 11.8 Å². The van der Waals surface area contributed by atoms with E-state index in [9.17, 15) is 14.7 Å². The highest BCUT2D eigenvalue weighted by molar-refractivity contribution is 6.05. The van der Waals surface area contributed by atoms with Crippen molar-refractivity contribution in [3.05, 3.63) is 35.9 Å². The predicted octanol–water partition coefficient (Wildman–Crippen LogP) is 0.874. The molecule has 0 aliphatic carbocycles. The lowest BCUT2D eigenvalue weighted by Gasteiger charge is -2.26. The van der Waals surface area contributed by atoms with Crippen LogP contribution >= 0.6 is 0 Å². The highest BCUT2D eigenvalue weighted by atomic mass is 16.3. The number of imide groups is 1. The van der Waals surface area contributed by atoms with Crippen LogP contribution in [0.1, 0.15) is 19.4 Å². The Bertz CT molecular complexity index is 555. The summed E-state index contributed by atoms with van der Waals surface area (Å²) in [7, 11) is 0. The van der Waals surface area contributed by atoms with Crippen molar-refractivity contribution in [3.8, 4) is 0 Å². The van der Waals surface area contributed by atoms with Gasteiger partial charge in [-0.25, -0.2) is 0 Å². The van der Waals surface area contributed by atoms with Crippen molar-refractivity contribution < 1.29 is 14.7 Å². The van der Waals surface area contributed by atoms with Crippen molar-refractivity contribution in [1.29, 1.82) is 0 Å². The maximum Gasteiger partial charge on any atom is 0.234 e. The molecule has 2 saturated heterocycles. The summed E-state index contributed by atoms with van der Waals surface area (Å²) in [5.41, 5.74) is 0.143. The number of rotatable bonds is 4. The van der Waals surface area contributed by atoms with Crippen molar-refractivity contribution in [2.75, 3.05) is 19.6 Å². The van der Waals surface area contributed by atoms with Crippen molar-refractivity contribution in [2.24, 2.45) is 11.8 Å². The summed E-state index contributed by atoms with van der Waals surface area (Å²) in [4.78, 5) is 28.3. The lowest BCUT2D eigenvalue weighted by Crippen LogP contribution is -2.44. The van der Waals surface area contributed by atoms with E-state index in [2.05, 4.69) is 17.0 Å². The average Bonchev–Trinajstić information content (AvgIpc) is 2.94. The van der Waals surface area contributed by atoms with Gasteiger partial charge in [0, 0.05) is 19.6 Å². The zero-order valence-corrected chi connectivity index (χ0v) is 13.0. The number of amides is 2. The second kappa shape index (κ2) is 5.48. The molecule has 118 valence electrons. The van der Waals surface area contributed by atoms with Crippen LogP contribution in [0.3, 0.4) is 0 Å². The maximum atomic E-state index is 12.4. The van der Waals surface area contributed by atoms with Crippen LogP contribution in [0.25, 0.3) is 0 Å². The van der Waals surface area contributed by atoms with Gasteiger partial charge in [0.25, 0.3) is 0 Å². The zero-order chi connectivity index (χ0) is 15.9. The average molecular weight is 302 g/mol. The van der Waals surface area contributed by atoms with Gasteiger partial charge in [-0.2, -0.15) is 0 Å². The molecule has 3 rings (SSSR count). The number of benzene rings is 1. The molecule has 5 heteroatoms. The van der Waals surface area contributed by atoms with Crippen LogP contribution in [0.5, 0.6) is 0 Å². The lowest BCUT2D eigenvalue weighted by atomic mass is 10.00. The third-order valence-electron chi connectivity index (χ3n) is 4.36. The molecule has 1 aromatic carbocycles. The van der Waals surface area contributed by atoms with Gasteiger partial charge >= 0.3 is 0 Å². The monoisotopic (exact) mass is 302 g/mol. The van der Waals surface area contributed by atoms with E-state index in [0.29, 0.717) is 13.1 Å². The number of hydrogen-bond acceptors (Lipinski definition) is 4. The molecule has 1 aromatic rings. The van der Waals surface area contributed by atoms with Crippen LogP contribution in [0, 0.1) is 11.8 Å². The first kappa shape index (κ1) is 15.2. The highest BCUT2D eigenvalue weighted by Crippen LogP contribution is 2.34. The standard InChI is InChI=1S/C17H22N2O3/c1-17(2,22)11-19-15(20)13-9-18(10-14(13)16(19)21)8-12-6-4-3-5-7-12/h3-7,13-14,22H,8-11H2,1-2H3. The third-order valence-corrected chi connectivity index (χ3v) is 4.36. The molecule has 2 amide bonds. The molecule has 0 spiro atoms. The molecule has 2 aliphatic heterocycles. The van der Waals surface area contributed by atoms with E-state index < -0.39 is 5.60 Å². The molecule has 0 aromatic heterocycles. The number of fused-ring (bicyclic) bond motifs is 1. The number of carbonyl (C=O) groups is 2. The molecule has 2 aliphatic rings. The highest BCUT2D eigenvalue weighted by Gasteiger charge is 2.52. The lowest BCUT2D eigenvalue weighted by molar-refractivity contribution is -0.144. The topological polar surface area (TPSA) is 60.9 Å². The minimum absolute atomic E-state index is 0.0797. The molecular formula is C17H22N2O3. The largest absolute Gasteiger partial charge is 0.389 e. The molecule has 0 saturated carbocycles. The Kier molecular flexibility index (Phi) is 3.78. The fourth-order valence-corrected chi connectivity index (χ4v) is 3.41. The summed E-state index contributed by atoms with van der Waals surface area (Å²) in [5.74, 6) is -0.766. The van der Waals surface area contributed by atoms with Gasteiger partial charge in [-0.1, -0.05) is 30.3 Å². The summed E-state index contributed by atoms with van der Waals surface area (Å²) in [6.07, 6.45) is 0. The van der Waals surface area contributed by atoms with Crippen LogP contribution in [0.2, 0.25) is 0 Å². The Morgan fingerprint density at radius 3 is 2.14 bits per heavy atom. The normalized spacial score (nSPS) is 25.9. The van der Waals surface area contributed by atoms with Crippen molar-refractivity contribution in [2.45, 2.75) is 26.0 Å². The molecular weight excluding hydrogens is 280 g/mol. The minimum atomic E-state index is -1.05. The van der Waals surface area contributed by atoms with Crippen molar-refractivity contribution >= 4 is 11.8 Å². The van der Waals surface area contributed by atoms with Gasteiger partial charge in [0.15, 0.2) is 0 Å². The van der Waals surface area contributed by atoms with Crippen LogP contribution in [0.15, 0.2) is 30.3 Å². The summed E-state index contributed by atoms with van der Waals surface area (Å²) >= 11 is 0. The van der Waals surface area contributed by atoms with Crippen LogP contribution in [-0.4, -0.2) is 52.0 Å². The number of hydrogen-bond donors (Lipinski definition) is 1. The SMILES string of the molecule is CC(C)(O)CN1C(=O)C2CN(Cc3ccccc3)CC2C1=O. The van der Waals surface area contributed by atoms with Gasteiger partial charge < -0.3 is 5.11 Å². The van der Waals surface area contributed by atoms with Crippen LogP contribution in [-0.2, 0) is 16.1 Å². The molecule has 2 heterocycles. The van der Waals surface area contributed by atoms with E-state index in [1.165, 1.54) is 10.5 Å². The van der Waals surface area contributed by atoms with E-state index in [4.69, 9.17) is 0 Å². The zero-order valence-electron chi connectivity index (χ0n) is 13.0. The second-order valence-corrected chi connectivity index (χ2v) is 6.97. The fraction of sp³-hybridized carbons (Fsp3) is 0.529. The Balaban J connectivity index is 1.67. The Morgan fingerprint density at radius 1 is 1.09 bits per heavy atom. The van der Waals surface area contributed by atoms with Gasteiger partial charge in [-0.05, 0) is 19.4 Å². The van der Waals surface area contributed by atoms with Gasteiger partial charge in [-0.15, -0.1) is 0 Å². The third kappa shape index (κ3) is 2.91. The molecule has 5 nitrogen and oxygen atoms in total. The van der Waals surface area contributed by atoms with E-state index in [-0.39, 0.29) is 30.2 Å². The molecule has 0 bridgehead atoms. The van der Waals surface area contributed by atoms with E-state index >= 15 is 0 Å². The van der Waals surface area contributed by atoms with Crippen LogP contribution in [0.4, 0.5) is 0 Å². The van der Waals surface area contributed by atoms with Crippen molar-refractivity contribution in [3.63, 3.8) is 0 Å². The molecule has 2 unspecified atom stereocenters. The quantitative estimate of drug-likeness (QED) is 0.839. The molecule has 22 heavy (non-hydrogen) atoms. The van der Waals surface area contributed by atoms with Gasteiger partial charge in [0.05, 0.1) is 24.0 Å².